The third-order valence-corrected chi connectivity index (χ3v) is 2.39. The van der Waals surface area contributed by atoms with Crippen LogP contribution in [0.1, 0.15) is 19.4 Å². The maximum atomic E-state index is 5.65. The van der Waals surface area contributed by atoms with E-state index in [4.69, 9.17) is 9.47 Å². The minimum absolute atomic E-state index is 0.610. The Kier molecular flexibility index (Phi) is 2.99. The fourth-order valence-corrected chi connectivity index (χ4v) is 1.67. The van der Waals surface area contributed by atoms with Crippen molar-refractivity contribution in [3.05, 3.63) is 18.3 Å². The van der Waals surface area contributed by atoms with Gasteiger partial charge in [-0.2, -0.15) is 0 Å². The smallest absolute Gasteiger partial charge is 0.241 e. The number of hydrogen-bond acceptors (Lipinski definition) is 4. The standard InChI is InChI=1S/C12H16N2O2/c1-4-15-11-9(8(2)3)7-14-12-10(11)13-5-6-16-12/h7,13H,2,4-6H2,1,3H3. The van der Waals surface area contributed by atoms with Crippen LogP contribution < -0.4 is 14.8 Å². The molecule has 4 heteroatoms. The van der Waals surface area contributed by atoms with Crippen molar-refractivity contribution in [2.45, 2.75) is 13.8 Å². The van der Waals surface area contributed by atoms with Crippen LogP contribution in [0.3, 0.4) is 0 Å². The minimum Gasteiger partial charge on any atom is -0.491 e. The number of pyridine rings is 1. The quantitative estimate of drug-likeness (QED) is 0.849. The van der Waals surface area contributed by atoms with E-state index in [9.17, 15) is 0 Å². The summed E-state index contributed by atoms with van der Waals surface area (Å²) < 4.78 is 11.1. The van der Waals surface area contributed by atoms with E-state index in [1.165, 1.54) is 0 Å². The van der Waals surface area contributed by atoms with E-state index >= 15 is 0 Å². The molecule has 86 valence electrons. The molecule has 1 aromatic heterocycles. The van der Waals surface area contributed by atoms with E-state index in [2.05, 4.69) is 16.9 Å². The van der Waals surface area contributed by atoms with Crippen molar-refractivity contribution in [2.75, 3.05) is 25.1 Å². The molecule has 16 heavy (non-hydrogen) atoms. The first kappa shape index (κ1) is 10.8. The number of anilines is 1. The SMILES string of the molecule is C=C(C)c1cnc2c(c1OCC)NCCO2. The fraction of sp³-hybridized carbons (Fsp3) is 0.417. The van der Waals surface area contributed by atoms with Crippen LogP contribution in [0.25, 0.3) is 5.57 Å². The summed E-state index contributed by atoms with van der Waals surface area (Å²) in [6.07, 6.45) is 1.75. The number of ether oxygens (including phenoxy) is 2. The summed E-state index contributed by atoms with van der Waals surface area (Å²) in [7, 11) is 0. The maximum absolute atomic E-state index is 5.65. The molecule has 1 aliphatic rings. The molecule has 0 fully saturated rings. The molecule has 1 aromatic rings. The van der Waals surface area contributed by atoms with Gasteiger partial charge in [-0.3, -0.25) is 0 Å². The van der Waals surface area contributed by atoms with Gasteiger partial charge in [-0.05, 0) is 19.4 Å². The molecule has 0 spiro atoms. The third-order valence-electron chi connectivity index (χ3n) is 2.39. The Morgan fingerprint density at radius 3 is 3.19 bits per heavy atom. The Morgan fingerprint density at radius 1 is 1.69 bits per heavy atom. The lowest BCUT2D eigenvalue weighted by atomic mass is 10.1. The number of allylic oxidation sites excluding steroid dienone is 1. The molecular weight excluding hydrogens is 204 g/mol. The van der Waals surface area contributed by atoms with Crippen LogP contribution in [-0.2, 0) is 0 Å². The summed E-state index contributed by atoms with van der Waals surface area (Å²) in [5.41, 5.74) is 2.71. The zero-order valence-corrected chi connectivity index (χ0v) is 9.67. The van der Waals surface area contributed by atoms with Gasteiger partial charge in [0.05, 0.1) is 6.61 Å². The molecular formula is C12H16N2O2. The van der Waals surface area contributed by atoms with Crippen LogP contribution in [0.15, 0.2) is 12.8 Å². The van der Waals surface area contributed by atoms with Gasteiger partial charge in [0.2, 0.25) is 5.88 Å². The molecule has 0 bridgehead atoms. The monoisotopic (exact) mass is 220 g/mol. The largest absolute Gasteiger partial charge is 0.491 e. The van der Waals surface area contributed by atoms with Crippen molar-refractivity contribution in [1.82, 2.24) is 4.98 Å². The van der Waals surface area contributed by atoms with Gasteiger partial charge < -0.3 is 14.8 Å². The third kappa shape index (κ3) is 1.83. The summed E-state index contributed by atoms with van der Waals surface area (Å²) in [6.45, 7) is 9.84. The molecule has 1 N–H and O–H groups in total. The number of rotatable bonds is 3. The molecule has 0 saturated heterocycles. The average molecular weight is 220 g/mol. The maximum Gasteiger partial charge on any atom is 0.241 e. The zero-order valence-electron chi connectivity index (χ0n) is 9.67. The summed E-state index contributed by atoms with van der Waals surface area (Å²) in [6, 6.07) is 0. The van der Waals surface area contributed by atoms with Gasteiger partial charge in [-0.25, -0.2) is 4.98 Å². The number of aromatic nitrogens is 1. The lowest BCUT2D eigenvalue weighted by Crippen LogP contribution is -2.20. The van der Waals surface area contributed by atoms with Crippen molar-refractivity contribution in [2.24, 2.45) is 0 Å². The molecule has 0 amide bonds. The van der Waals surface area contributed by atoms with Gasteiger partial charge >= 0.3 is 0 Å². The van der Waals surface area contributed by atoms with Gasteiger partial charge in [0.1, 0.15) is 12.3 Å². The van der Waals surface area contributed by atoms with Crippen LogP contribution in [0.5, 0.6) is 11.6 Å². The van der Waals surface area contributed by atoms with Crippen molar-refractivity contribution in [1.29, 1.82) is 0 Å². The van der Waals surface area contributed by atoms with Crippen LogP contribution >= 0.6 is 0 Å². The number of nitrogens with zero attached hydrogens (tertiary/aromatic N) is 1. The van der Waals surface area contributed by atoms with E-state index in [1.54, 1.807) is 6.20 Å². The van der Waals surface area contributed by atoms with Crippen molar-refractivity contribution in [3.63, 3.8) is 0 Å². The van der Waals surface area contributed by atoms with E-state index in [1.807, 2.05) is 13.8 Å². The number of nitrogens with one attached hydrogen (secondary N) is 1. The first-order chi connectivity index (χ1) is 7.74. The van der Waals surface area contributed by atoms with Crippen LogP contribution in [0.4, 0.5) is 5.69 Å². The summed E-state index contributed by atoms with van der Waals surface area (Å²) in [5.74, 6) is 1.40. The first-order valence-electron chi connectivity index (χ1n) is 5.42. The molecule has 0 aromatic carbocycles. The molecule has 0 saturated carbocycles. The topological polar surface area (TPSA) is 43.4 Å². The Morgan fingerprint density at radius 2 is 2.50 bits per heavy atom. The van der Waals surface area contributed by atoms with E-state index < -0.39 is 0 Å². The normalized spacial score (nSPS) is 13.4. The Labute approximate surface area is 95.3 Å². The molecule has 0 radical (unpaired) electrons. The van der Waals surface area contributed by atoms with Crippen LogP contribution in [0, 0.1) is 0 Å². The van der Waals surface area contributed by atoms with Crippen molar-refractivity contribution in [3.8, 4) is 11.6 Å². The predicted octanol–water partition coefficient (Wildman–Crippen LogP) is 2.32. The van der Waals surface area contributed by atoms with Crippen molar-refractivity contribution >= 4 is 11.3 Å². The summed E-state index contributed by atoms with van der Waals surface area (Å²) in [5, 5.41) is 3.26. The molecule has 2 rings (SSSR count). The van der Waals surface area contributed by atoms with Crippen LogP contribution in [-0.4, -0.2) is 24.7 Å². The molecule has 1 aliphatic heterocycles. The minimum atomic E-state index is 0.610. The highest BCUT2D eigenvalue weighted by Gasteiger charge is 2.20. The molecule has 0 aliphatic carbocycles. The summed E-state index contributed by atoms with van der Waals surface area (Å²) >= 11 is 0. The Hall–Kier alpha value is -1.71. The summed E-state index contributed by atoms with van der Waals surface area (Å²) in [4.78, 5) is 4.26. The highest BCUT2D eigenvalue weighted by atomic mass is 16.5. The van der Waals surface area contributed by atoms with Gasteiger partial charge in [-0.15, -0.1) is 0 Å². The van der Waals surface area contributed by atoms with Crippen molar-refractivity contribution < 1.29 is 9.47 Å². The molecule has 4 nitrogen and oxygen atoms in total. The lowest BCUT2D eigenvalue weighted by molar-refractivity contribution is 0.299. The number of fused-ring (bicyclic) bond motifs is 1. The van der Waals surface area contributed by atoms with Crippen LogP contribution in [0.2, 0.25) is 0 Å². The molecule has 2 heterocycles. The van der Waals surface area contributed by atoms with Gasteiger partial charge in [-0.1, -0.05) is 6.58 Å². The van der Waals surface area contributed by atoms with E-state index in [0.717, 1.165) is 29.1 Å². The van der Waals surface area contributed by atoms with E-state index in [0.29, 0.717) is 19.1 Å². The zero-order chi connectivity index (χ0) is 11.5. The predicted molar refractivity (Wildman–Crippen MR) is 64.1 cm³/mol. The highest BCUT2D eigenvalue weighted by molar-refractivity contribution is 5.77. The Balaban J connectivity index is 2.52. The number of hydrogen-bond donors (Lipinski definition) is 1. The average Bonchev–Trinajstić information content (AvgIpc) is 2.29. The second kappa shape index (κ2) is 4.43. The molecule has 0 unspecified atom stereocenters. The first-order valence-corrected chi connectivity index (χ1v) is 5.42. The van der Waals surface area contributed by atoms with Gasteiger partial charge in [0.15, 0.2) is 5.75 Å². The highest BCUT2D eigenvalue weighted by Crippen LogP contribution is 2.39. The second-order valence-corrected chi connectivity index (χ2v) is 3.67. The molecule has 0 atom stereocenters. The fourth-order valence-electron chi connectivity index (χ4n) is 1.67. The Bertz CT molecular complexity index is 416. The van der Waals surface area contributed by atoms with E-state index in [-0.39, 0.29) is 0 Å². The lowest BCUT2D eigenvalue weighted by Gasteiger charge is -2.22. The van der Waals surface area contributed by atoms with Gasteiger partial charge in [0, 0.05) is 18.3 Å². The second-order valence-electron chi connectivity index (χ2n) is 3.67. The van der Waals surface area contributed by atoms with Gasteiger partial charge in [0.25, 0.3) is 0 Å².